The van der Waals surface area contributed by atoms with E-state index in [1.165, 1.54) is 16.7 Å². The molecule has 0 aliphatic carbocycles. The van der Waals surface area contributed by atoms with E-state index in [0.29, 0.717) is 6.54 Å². The van der Waals surface area contributed by atoms with Crippen molar-refractivity contribution in [2.24, 2.45) is 5.73 Å². The van der Waals surface area contributed by atoms with Crippen LogP contribution in [0.4, 0.5) is 0 Å². The summed E-state index contributed by atoms with van der Waals surface area (Å²) in [6, 6.07) is 6.13. The van der Waals surface area contributed by atoms with Gasteiger partial charge in [0.25, 0.3) is 0 Å². The molecule has 0 atom stereocenters. The number of nitrogens with two attached hydrogens (primary N) is 1. The van der Waals surface area contributed by atoms with Gasteiger partial charge in [-0.1, -0.05) is 18.2 Å². The van der Waals surface area contributed by atoms with E-state index in [-0.39, 0.29) is 6.61 Å². The fraction of sp³-hybridized carbons (Fsp3) is 0.400. The molecular weight excluding hydrogens is 150 g/mol. The lowest BCUT2D eigenvalue weighted by Gasteiger charge is -2.05. The standard InChI is InChI=1S/C10H15NO/c1-8-6-9(4-5-12)2-3-10(8)7-11/h2-3,6,12H,4-5,7,11H2,1H3. The van der Waals surface area contributed by atoms with E-state index < -0.39 is 0 Å². The highest BCUT2D eigenvalue weighted by molar-refractivity contribution is 5.30. The highest BCUT2D eigenvalue weighted by Crippen LogP contribution is 2.10. The second kappa shape index (κ2) is 4.24. The molecule has 2 nitrogen and oxygen atoms in total. The lowest BCUT2D eigenvalue weighted by Crippen LogP contribution is -2.00. The summed E-state index contributed by atoms with van der Waals surface area (Å²) in [7, 11) is 0. The van der Waals surface area contributed by atoms with Gasteiger partial charge in [-0.2, -0.15) is 0 Å². The molecule has 12 heavy (non-hydrogen) atoms. The first-order valence-electron chi connectivity index (χ1n) is 4.17. The second-order valence-electron chi connectivity index (χ2n) is 2.94. The lowest BCUT2D eigenvalue weighted by atomic mass is 10.0. The van der Waals surface area contributed by atoms with Crippen molar-refractivity contribution in [1.82, 2.24) is 0 Å². The Balaban J connectivity index is 2.86. The van der Waals surface area contributed by atoms with Crippen molar-refractivity contribution in [3.8, 4) is 0 Å². The molecule has 0 aliphatic heterocycles. The molecule has 1 aromatic carbocycles. The normalized spacial score (nSPS) is 10.2. The molecule has 0 saturated heterocycles. The van der Waals surface area contributed by atoms with Crippen molar-refractivity contribution >= 4 is 0 Å². The van der Waals surface area contributed by atoms with Gasteiger partial charge in [-0.05, 0) is 30.0 Å². The Morgan fingerprint density at radius 2 is 2.17 bits per heavy atom. The third-order valence-electron chi connectivity index (χ3n) is 2.03. The van der Waals surface area contributed by atoms with Gasteiger partial charge in [-0.25, -0.2) is 0 Å². The lowest BCUT2D eigenvalue weighted by molar-refractivity contribution is 0.299. The predicted molar refractivity (Wildman–Crippen MR) is 49.9 cm³/mol. The first-order valence-corrected chi connectivity index (χ1v) is 4.17. The number of aliphatic hydroxyl groups is 1. The van der Waals surface area contributed by atoms with Gasteiger partial charge in [0.1, 0.15) is 0 Å². The van der Waals surface area contributed by atoms with Crippen molar-refractivity contribution in [3.05, 3.63) is 34.9 Å². The van der Waals surface area contributed by atoms with E-state index in [4.69, 9.17) is 10.8 Å². The largest absolute Gasteiger partial charge is 0.396 e. The Hall–Kier alpha value is -0.860. The van der Waals surface area contributed by atoms with E-state index in [2.05, 4.69) is 6.07 Å². The van der Waals surface area contributed by atoms with E-state index >= 15 is 0 Å². The SMILES string of the molecule is Cc1cc(CCO)ccc1CN. The zero-order valence-electron chi connectivity index (χ0n) is 7.38. The summed E-state index contributed by atoms with van der Waals surface area (Å²) >= 11 is 0. The van der Waals surface area contributed by atoms with Crippen LogP contribution in [0, 0.1) is 6.92 Å². The summed E-state index contributed by atoms with van der Waals surface area (Å²) in [6.45, 7) is 2.84. The number of hydrogen-bond donors (Lipinski definition) is 2. The van der Waals surface area contributed by atoms with Crippen LogP contribution < -0.4 is 5.73 Å². The fourth-order valence-corrected chi connectivity index (χ4v) is 1.27. The van der Waals surface area contributed by atoms with Gasteiger partial charge in [0.05, 0.1) is 0 Å². The van der Waals surface area contributed by atoms with E-state index in [9.17, 15) is 0 Å². The smallest absolute Gasteiger partial charge is 0.0471 e. The molecule has 0 bridgehead atoms. The maximum absolute atomic E-state index is 8.71. The maximum Gasteiger partial charge on any atom is 0.0471 e. The summed E-state index contributed by atoms with van der Waals surface area (Å²) in [5, 5.41) is 8.71. The van der Waals surface area contributed by atoms with Crippen molar-refractivity contribution in [2.75, 3.05) is 6.61 Å². The molecule has 3 N–H and O–H groups in total. The quantitative estimate of drug-likeness (QED) is 0.701. The van der Waals surface area contributed by atoms with Crippen LogP contribution in [0.2, 0.25) is 0 Å². The van der Waals surface area contributed by atoms with Gasteiger partial charge in [-0.3, -0.25) is 0 Å². The predicted octanol–water partition coefficient (Wildman–Crippen LogP) is 0.989. The zero-order chi connectivity index (χ0) is 8.97. The monoisotopic (exact) mass is 165 g/mol. The van der Waals surface area contributed by atoms with E-state index in [1.807, 2.05) is 19.1 Å². The minimum atomic E-state index is 0.210. The Morgan fingerprint density at radius 1 is 1.42 bits per heavy atom. The molecule has 0 aromatic heterocycles. The van der Waals surface area contributed by atoms with Gasteiger partial charge < -0.3 is 10.8 Å². The number of rotatable bonds is 3. The van der Waals surface area contributed by atoms with Crippen LogP contribution in [-0.4, -0.2) is 11.7 Å². The third kappa shape index (κ3) is 2.06. The zero-order valence-corrected chi connectivity index (χ0v) is 7.38. The van der Waals surface area contributed by atoms with Gasteiger partial charge in [0, 0.05) is 13.2 Å². The molecular formula is C10H15NO. The molecule has 0 heterocycles. The van der Waals surface area contributed by atoms with Gasteiger partial charge in [0.15, 0.2) is 0 Å². The van der Waals surface area contributed by atoms with Crippen molar-refractivity contribution in [3.63, 3.8) is 0 Å². The molecule has 2 heteroatoms. The van der Waals surface area contributed by atoms with Crippen LogP contribution in [0.15, 0.2) is 18.2 Å². The summed E-state index contributed by atoms with van der Waals surface area (Å²) in [6.07, 6.45) is 0.728. The first-order chi connectivity index (χ1) is 5.77. The van der Waals surface area contributed by atoms with Gasteiger partial charge >= 0.3 is 0 Å². The number of aryl methyl sites for hydroxylation is 1. The van der Waals surface area contributed by atoms with Crippen LogP contribution in [0.1, 0.15) is 16.7 Å². The summed E-state index contributed by atoms with van der Waals surface area (Å²) in [4.78, 5) is 0. The number of benzene rings is 1. The Kier molecular flexibility index (Phi) is 3.26. The number of aliphatic hydroxyl groups excluding tert-OH is 1. The highest BCUT2D eigenvalue weighted by Gasteiger charge is 1.97. The van der Waals surface area contributed by atoms with E-state index in [1.54, 1.807) is 0 Å². The van der Waals surface area contributed by atoms with Crippen LogP contribution >= 0.6 is 0 Å². The average Bonchev–Trinajstić information content (AvgIpc) is 2.05. The van der Waals surface area contributed by atoms with Crippen LogP contribution in [0.5, 0.6) is 0 Å². The molecule has 0 radical (unpaired) electrons. The first kappa shape index (κ1) is 9.23. The summed E-state index contributed by atoms with van der Waals surface area (Å²) in [5.41, 5.74) is 9.09. The Bertz CT molecular complexity index is 258. The third-order valence-corrected chi connectivity index (χ3v) is 2.03. The second-order valence-corrected chi connectivity index (χ2v) is 2.94. The van der Waals surface area contributed by atoms with Crippen molar-refractivity contribution in [1.29, 1.82) is 0 Å². The fourth-order valence-electron chi connectivity index (χ4n) is 1.27. The van der Waals surface area contributed by atoms with Crippen LogP contribution in [-0.2, 0) is 13.0 Å². The average molecular weight is 165 g/mol. The highest BCUT2D eigenvalue weighted by atomic mass is 16.2. The van der Waals surface area contributed by atoms with Crippen LogP contribution in [0.25, 0.3) is 0 Å². The topological polar surface area (TPSA) is 46.2 Å². The molecule has 0 unspecified atom stereocenters. The molecule has 0 spiro atoms. The van der Waals surface area contributed by atoms with Crippen molar-refractivity contribution < 1.29 is 5.11 Å². The molecule has 1 aromatic rings. The molecule has 66 valence electrons. The van der Waals surface area contributed by atoms with Crippen molar-refractivity contribution in [2.45, 2.75) is 19.9 Å². The summed E-state index contributed by atoms with van der Waals surface area (Å²) in [5.74, 6) is 0. The maximum atomic E-state index is 8.71. The van der Waals surface area contributed by atoms with Crippen LogP contribution in [0.3, 0.4) is 0 Å². The molecule has 0 aliphatic rings. The van der Waals surface area contributed by atoms with Gasteiger partial charge in [-0.15, -0.1) is 0 Å². The molecule has 1 rings (SSSR count). The molecule has 0 fully saturated rings. The molecule has 0 saturated carbocycles. The number of hydrogen-bond acceptors (Lipinski definition) is 2. The molecule has 0 amide bonds. The minimum absolute atomic E-state index is 0.210. The summed E-state index contributed by atoms with van der Waals surface area (Å²) < 4.78 is 0. The Labute approximate surface area is 73.0 Å². The van der Waals surface area contributed by atoms with E-state index in [0.717, 1.165) is 6.42 Å². The van der Waals surface area contributed by atoms with Gasteiger partial charge in [0.2, 0.25) is 0 Å². The minimum Gasteiger partial charge on any atom is -0.396 e. The Morgan fingerprint density at radius 3 is 2.67 bits per heavy atom.